The molecule has 2 nitrogen and oxygen atoms in total. The van der Waals surface area contributed by atoms with Crippen LogP contribution < -0.4 is 10.1 Å². The molecule has 1 fully saturated rings. The predicted octanol–water partition coefficient (Wildman–Crippen LogP) is 5.46. The number of halogens is 2. The molecule has 2 aromatic rings. The van der Waals surface area contributed by atoms with Crippen molar-refractivity contribution in [1.29, 1.82) is 0 Å². The van der Waals surface area contributed by atoms with Crippen LogP contribution in [0.1, 0.15) is 24.0 Å². The highest BCUT2D eigenvalue weighted by Crippen LogP contribution is 2.32. The number of hydrogen-bond donors (Lipinski definition) is 1. The zero-order chi connectivity index (χ0) is 14.8. The van der Waals surface area contributed by atoms with Gasteiger partial charge in [-0.25, -0.2) is 0 Å². The number of rotatable bonds is 5. The first kappa shape index (κ1) is 14.9. The van der Waals surface area contributed by atoms with Gasteiger partial charge in [-0.15, -0.1) is 0 Å². The van der Waals surface area contributed by atoms with Crippen LogP contribution >= 0.6 is 27.5 Å². The topological polar surface area (TPSA) is 21.3 Å². The number of ether oxygens (including phenoxy) is 1. The van der Waals surface area contributed by atoms with Crippen LogP contribution in [0.3, 0.4) is 0 Å². The van der Waals surface area contributed by atoms with Gasteiger partial charge in [0.05, 0.1) is 0 Å². The van der Waals surface area contributed by atoms with Gasteiger partial charge in [0.15, 0.2) is 0 Å². The summed E-state index contributed by atoms with van der Waals surface area (Å²) >= 11 is 9.60. The highest BCUT2D eigenvalue weighted by Gasteiger charge is 2.20. The second-order valence-electron chi connectivity index (χ2n) is 5.42. The van der Waals surface area contributed by atoms with Crippen molar-refractivity contribution in [3.63, 3.8) is 0 Å². The summed E-state index contributed by atoms with van der Waals surface area (Å²) in [5.41, 5.74) is 2.23. The van der Waals surface area contributed by atoms with Crippen LogP contribution in [0.25, 0.3) is 0 Å². The molecule has 0 saturated heterocycles. The highest BCUT2D eigenvalue weighted by molar-refractivity contribution is 9.10. The van der Waals surface area contributed by atoms with Gasteiger partial charge in [-0.2, -0.15) is 0 Å². The van der Waals surface area contributed by atoms with Crippen LogP contribution in [0.2, 0.25) is 5.02 Å². The summed E-state index contributed by atoms with van der Waals surface area (Å²) in [7, 11) is 0. The van der Waals surface area contributed by atoms with Gasteiger partial charge in [0.1, 0.15) is 11.5 Å². The van der Waals surface area contributed by atoms with Gasteiger partial charge < -0.3 is 10.1 Å². The van der Waals surface area contributed by atoms with E-state index in [-0.39, 0.29) is 0 Å². The largest absolute Gasteiger partial charge is 0.457 e. The summed E-state index contributed by atoms with van der Waals surface area (Å²) in [6, 6.07) is 12.5. The average molecular weight is 367 g/mol. The van der Waals surface area contributed by atoms with Crippen molar-refractivity contribution in [2.75, 3.05) is 0 Å². The van der Waals surface area contributed by atoms with Gasteiger partial charge in [0.2, 0.25) is 0 Å². The molecule has 110 valence electrons. The monoisotopic (exact) mass is 365 g/mol. The van der Waals surface area contributed by atoms with Crippen molar-refractivity contribution in [3.05, 3.63) is 57.0 Å². The van der Waals surface area contributed by atoms with Crippen LogP contribution in [-0.2, 0) is 6.54 Å². The number of nitrogens with one attached hydrogen (secondary N) is 1. The summed E-state index contributed by atoms with van der Waals surface area (Å²) in [4.78, 5) is 0. The molecule has 0 atom stereocenters. The van der Waals surface area contributed by atoms with Gasteiger partial charge in [0.25, 0.3) is 0 Å². The maximum absolute atomic E-state index is 6.12. The molecular formula is C17H17BrClNO. The lowest BCUT2D eigenvalue weighted by atomic mass is 10.2. The van der Waals surface area contributed by atoms with Crippen LogP contribution in [0.4, 0.5) is 0 Å². The number of hydrogen-bond acceptors (Lipinski definition) is 2. The standard InChI is InChI=1S/C17H17BrClNO/c1-11-2-4-13(18)8-16(11)21-17-9-14(19)5-3-12(17)10-20-15-6-7-15/h2-5,8-9,15,20H,6-7,10H2,1H3. The molecule has 4 heteroatoms. The van der Waals surface area contributed by atoms with Gasteiger partial charge in [-0.1, -0.05) is 39.7 Å². The highest BCUT2D eigenvalue weighted by atomic mass is 79.9. The van der Waals surface area contributed by atoms with Gasteiger partial charge in [-0.3, -0.25) is 0 Å². The minimum Gasteiger partial charge on any atom is -0.457 e. The van der Waals surface area contributed by atoms with Crippen LogP contribution in [0.15, 0.2) is 40.9 Å². The molecule has 0 unspecified atom stereocenters. The SMILES string of the molecule is Cc1ccc(Br)cc1Oc1cc(Cl)ccc1CNC1CC1. The zero-order valence-corrected chi connectivity index (χ0v) is 14.2. The lowest BCUT2D eigenvalue weighted by molar-refractivity contribution is 0.469. The predicted molar refractivity (Wildman–Crippen MR) is 90.3 cm³/mol. The van der Waals surface area contributed by atoms with Gasteiger partial charge in [0, 0.05) is 27.6 Å². The molecule has 3 rings (SSSR count). The average Bonchev–Trinajstić information content (AvgIpc) is 3.26. The van der Waals surface area contributed by atoms with E-state index in [0.29, 0.717) is 11.1 Å². The molecule has 21 heavy (non-hydrogen) atoms. The fourth-order valence-corrected chi connectivity index (χ4v) is 2.62. The summed E-state index contributed by atoms with van der Waals surface area (Å²) < 4.78 is 7.10. The van der Waals surface area contributed by atoms with E-state index in [1.54, 1.807) is 0 Å². The molecule has 1 aliphatic rings. The van der Waals surface area contributed by atoms with E-state index in [1.165, 1.54) is 12.8 Å². The second-order valence-corrected chi connectivity index (χ2v) is 6.77. The molecule has 0 amide bonds. The smallest absolute Gasteiger partial charge is 0.133 e. The van der Waals surface area contributed by atoms with Crippen molar-refractivity contribution in [2.24, 2.45) is 0 Å². The molecule has 1 aliphatic carbocycles. The first-order chi connectivity index (χ1) is 10.1. The Morgan fingerprint density at radius 3 is 2.76 bits per heavy atom. The third-order valence-corrected chi connectivity index (χ3v) is 4.29. The molecule has 0 bridgehead atoms. The Morgan fingerprint density at radius 2 is 2.00 bits per heavy atom. The van der Waals surface area contributed by atoms with Crippen molar-refractivity contribution >= 4 is 27.5 Å². The van der Waals surface area contributed by atoms with E-state index in [1.807, 2.05) is 43.3 Å². The third kappa shape index (κ3) is 4.00. The first-order valence-corrected chi connectivity index (χ1v) is 8.25. The van der Waals surface area contributed by atoms with Crippen molar-refractivity contribution in [1.82, 2.24) is 5.32 Å². The maximum atomic E-state index is 6.12. The number of aryl methyl sites for hydroxylation is 1. The molecule has 0 radical (unpaired) electrons. The van der Waals surface area contributed by atoms with E-state index >= 15 is 0 Å². The fourth-order valence-electron chi connectivity index (χ4n) is 2.11. The summed E-state index contributed by atoms with van der Waals surface area (Å²) in [6.07, 6.45) is 2.54. The molecule has 1 N–H and O–H groups in total. The Hall–Kier alpha value is -1.03. The van der Waals surface area contributed by atoms with E-state index < -0.39 is 0 Å². The normalized spacial score (nSPS) is 14.2. The summed E-state index contributed by atoms with van der Waals surface area (Å²) in [5, 5.41) is 4.20. The van der Waals surface area contributed by atoms with E-state index in [9.17, 15) is 0 Å². The Bertz CT molecular complexity index is 655. The maximum Gasteiger partial charge on any atom is 0.133 e. The Morgan fingerprint density at radius 1 is 1.19 bits per heavy atom. The van der Waals surface area contributed by atoms with Crippen LogP contribution in [0.5, 0.6) is 11.5 Å². The van der Waals surface area contributed by atoms with Crippen LogP contribution in [-0.4, -0.2) is 6.04 Å². The summed E-state index contributed by atoms with van der Waals surface area (Å²) in [5.74, 6) is 1.66. The molecule has 0 aromatic heterocycles. The molecule has 0 heterocycles. The quantitative estimate of drug-likeness (QED) is 0.759. The first-order valence-electron chi connectivity index (χ1n) is 7.07. The lowest BCUT2D eigenvalue weighted by Gasteiger charge is -2.14. The van der Waals surface area contributed by atoms with E-state index in [0.717, 1.165) is 33.6 Å². The van der Waals surface area contributed by atoms with Crippen LogP contribution in [0, 0.1) is 6.92 Å². The zero-order valence-electron chi connectivity index (χ0n) is 11.8. The Balaban J connectivity index is 1.85. The Kier molecular flexibility index (Phi) is 4.53. The molecular weight excluding hydrogens is 350 g/mol. The van der Waals surface area contributed by atoms with E-state index in [4.69, 9.17) is 16.3 Å². The van der Waals surface area contributed by atoms with Gasteiger partial charge >= 0.3 is 0 Å². The van der Waals surface area contributed by atoms with Gasteiger partial charge in [-0.05, 0) is 49.6 Å². The number of benzene rings is 2. The molecule has 2 aromatic carbocycles. The lowest BCUT2D eigenvalue weighted by Crippen LogP contribution is -2.15. The minimum absolute atomic E-state index is 0.668. The molecule has 0 aliphatic heterocycles. The minimum atomic E-state index is 0.668. The fraction of sp³-hybridized carbons (Fsp3) is 0.294. The van der Waals surface area contributed by atoms with E-state index in [2.05, 4.69) is 21.2 Å². The molecule has 1 saturated carbocycles. The second kappa shape index (κ2) is 6.39. The molecule has 0 spiro atoms. The van der Waals surface area contributed by atoms with Crippen molar-refractivity contribution in [2.45, 2.75) is 32.4 Å². The summed E-state index contributed by atoms with van der Waals surface area (Å²) in [6.45, 7) is 2.85. The van der Waals surface area contributed by atoms with Crippen molar-refractivity contribution < 1.29 is 4.74 Å². The van der Waals surface area contributed by atoms with Crippen molar-refractivity contribution in [3.8, 4) is 11.5 Å². The Labute approximate surface area is 138 Å². The third-order valence-electron chi connectivity index (χ3n) is 3.56.